The Hall–Kier alpha value is -2.29. The van der Waals surface area contributed by atoms with Crippen molar-refractivity contribution in [3.05, 3.63) is 66.0 Å². The van der Waals surface area contributed by atoms with Gasteiger partial charge in [-0.25, -0.2) is 17.8 Å². The summed E-state index contributed by atoms with van der Waals surface area (Å²) in [5, 5.41) is 4.78. The van der Waals surface area contributed by atoms with Gasteiger partial charge in [0.2, 0.25) is 10.0 Å². The Labute approximate surface area is 161 Å². The molecule has 0 radical (unpaired) electrons. The highest BCUT2D eigenvalue weighted by Gasteiger charge is 2.49. The van der Waals surface area contributed by atoms with Crippen molar-refractivity contribution in [3.8, 4) is 5.00 Å². The molecule has 1 fully saturated rings. The normalized spacial score (nSPS) is 21.9. The highest BCUT2D eigenvalue weighted by molar-refractivity contribution is 7.91. The number of rotatable bonds is 6. The van der Waals surface area contributed by atoms with Crippen molar-refractivity contribution in [1.82, 2.24) is 14.5 Å². The number of thiophene rings is 1. The minimum atomic E-state index is -3.61. The average Bonchev–Trinajstić information content (AvgIpc) is 3.10. The standard InChI is InChI=1S/C19H19N3O3S2/c1-12-18(14-6-4-3-5-7-14)19(12)21-27(24,25)17-9-8-16(26-17)22-11-15(10-20-22)13(2)23/h3-12,18-19,21H,1-2H3/t12-,18-,19+/m1/s1. The Morgan fingerprint density at radius 1 is 1.19 bits per heavy atom. The molecule has 0 bridgehead atoms. The monoisotopic (exact) mass is 401 g/mol. The van der Waals surface area contributed by atoms with E-state index in [0.717, 1.165) is 16.9 Å². The summed E-state index contributed by atoms with van der Waals surface area (Å²) in [6.45, 7) is 3.52. The summed E-state index contributed by atoms with van der Waals surface area (Å²) in [5.41, 5.74) is 1.64. The number of Topliss-reactive ketones (excluding diaryl/α,β-unsaturated/α-hetero) is 1. The van der Waals surface area contributed by atoms with Crippen LogP contribution in [0.2, 0.25) is 0 Å². The zero-order valence-corrected chi connectivity index (χ0v) is 16.5. The molecule has 0 saturated heterocycles. The molecular weight excluding hydrogens is 382 g/mol. The summed E-state index contributed by atoms with van der Waals surface area (Å²) in [7, 11) is -3.61. The molecule has 1 aliphatic carbocycles. The van der Waals surface area contributed by atoms with Gasteiger partial charge in [0.05, 0.1) is 11.8 Å². The van der Waals surface area contributed by atoms with Crippen LogP contribution in [0.1, 0.15) is 35.7 Å². The maximum absolute atomic E-state index is 12.8. The summed E-state index contributed by atoms with van der Waals surface area (Å²) in [4.78, 5) is 11.4. The Balaban J connectivity index is 1.51. The summed E-state index contributed by atoms with van der Waals surface area (Å²) in [5.74, 6) is 0.373. The molecule has 1 aromatic carbocycles. The van der Waals surface area contributed by atoms with E-state index >= 15 is 0 Å². The maximum atomic E-state index is 12.8. The number of sulfonamides is 1. The summed E-state index contributed by atoms with van der Waals surface area (Å²) >= 11 is 1.12. The molecule has 1 aliphatic rings. The minimum Gasteiger partial charge on any atom is -0.294 e. The van der Waals surface area contributed by atoms with E-state index in [4.69, 9.17) is 0 Å². The predicted octanol–water partition coefficient (Wildman–Crippen LogP) is 3.22. The number of ketones is 1. The molecule has 0 spiro atoms. The van der Waals surface area contributed by atoms with E-state index in [1.54, 1.807) is 18.3 Å². The minimum absolute atomic E-state index is 0.0815. The second-order valence-corrected chi connectivity index (χ2v) is 9.77. The highest BCUT2D eigenvalue weighted by atomic mass is 32.2. The maximum Gasteiger partial charge on any atom is 0.250 e. The Morgan fingerprint density at radius 2 is 1.93 bits per heavy atom. The molecule has 0 unspecified atom stereocenters. The van der Waals surface area contributed by atoms with Crippen LogP contribution in [-0.4, -0.2) is 30.0 Å². The fourth-order valence-corrected chi connectivity index (χ4v) is 5.86. The topological polar surface area (TPSA) is 81.1 Å². The van der Waals surface area contributed by atoms with Crippen molar-refractivity contribution >= 4 is 27.1 Å². The number of hydrogen-bond acceptors (Lipinski definition) is 5. The molecule has 4 rings (SSSR count). The predicted molar refractivity (Wildman–Crippen MR) is 104 cm³/mol. The third kappa shape index (κ3) is 3.47. The number of hydrogen-bond donors (Lipinski definition) is 1. The molecule has 8 heteroatoms. The number of carbonyl (C=O) groups excluding carboxylic acids is 1. The Bertz CT molecular complexity index is 1090. The van der Waals surface area contributed by atoms with Crippen molar-refractivity contribution in [2.75, 3.05) is 0 Å². The first-order chi connectivity index (χ1) is 12.9. The molecule has 0 aliphatic heterocycles. The fraction of sp³-hybridized carbons (Fsp3) is 0.263. The van der Waals surface area contributed by atoms with Crippen LogP contribution in [0.25, 0.3) is 5.00 Å². The van der Waals surface area contributed by atoms with Gasteiger partial charge < -0.3 is 0 Å². The second-order valence-electron chi connectivity index (χ2n) is 6.77. The molecule has 1 saturated carbocycles. The highest BCUT2D eigenvalue weighted by Crippen LogP contribution is 2.48. The van der Waals surface area contributed by atoms with E-state index in [0.29, 0.717) is 10.6 Å². The van der Waals surface area contributed by atoms with Crippen molar-refractivity contribution in [3.63, 3.8) is 0 Å². The van der Waals surface area contributed by atoms with Gasteiger partial charge in [-0.2, -0.15) is 5.10 Å². The third-order valence-corrected chi connectivity index (χ3v) is 7.93. The summed E-state index contributed by atoms with van der Waals surface area (Å²) < 4.78 is 30.1. The Morgan fingerprint density at radius 3 is 2.59 bits per heavy atom. The molecule has 1 N–H and O–H groups in total. The van der Waals surface area contributed by atoms with E-state index in [2.05, 4.69) is 16.7 Å². The van der Waals surface area contributed by atoms with Gasteiger partial charge in [-0.3, -0.25) is 4.79 Å². The van der Waals surface area contributed by atoms with Crippen LogP contribution < -0.4 is 4.72 Å². The molecule has 6 nitrogen and oxygen atoms in total. The van der Waals surface area contributed by atoms with Gasteiger partial charge >= 0.3 is 0 Å². The van der Waals surface area contributed by atoms with Gasteiger partial charge in [0, 0.05) is 18.2 Å². The smallest absolute Gasteiger partial charge is 0.250 e. The number of aromatic nitrogens is 2. The van der Waals surface area contributed by atoms with Crippen LogP contribution in [0.5, 0.6) is 0 Å². The molecule has 27 heavy (non-hydrogen) atoms. The van der Waals surface area contributed by atoms with E-state index < -0.39 is 10.0 Å². The third-order valence-electron chi connectivity index (χ3n) is 4.90. The number of nitrogens with one attached hydrogen (secondary N) is 1. The van der Waals surface area contributed by atoms with Gasteiger partial charge in [0.1, 0.15) is 9.21 Å². The lowest BCUT2D eigenvalue weighted by Crippen LogP contribution is -2.27. The second kappa shape index (κ2) is 6.70. The van der Waals surface area contributed by atoms with Crippen molar-refractivity contribution in [2.24, 2.45) is 5.92 Å². The largest absolute Gasteiger partial charge is 0.294 e. The van der Waals surface area contributed by atoms with Crippen molar-refractivity contribution < 1.29 is 13.2 Å². The van der Waals surface area contributed by atoms with Crippen LogP contribution in [0.15, 0.2) is 59.1 Å². The van der Waals surface area contributed by atoms with Crippen LogP contribution in [-0.2, 0) is 10.0 Å². The quantitative estimate of drug-likeness (QED) is 0.643. The van der Waals surface area contributed by atoms with E-state index in [1.165, 1.54) is 17.8 Å². The van der Waals surface area contributed by atoms with E-state index in [9.17, 15) is 13.2 Å². The van der Waals surface area contributed by atoms with Crippen LogP contribution >= 0.6 is 11.3 Å². The van der Waals surface area contributed by atoms with Crippen molar-refractivity contribution in [1.29, 1.82) is 0 Å². The number of nitrogens with zero attached hydrogens (tertiary/aromatic N) is 2. The van der Waals surface area contributed by atoms with Gasteiger partial charge in [0.15, 0.2) is 5.78 Å². The first-order valence-electron chi connectivity index (χ1n) is 8.60. The zero-order valence-electron chi connectivity index (χ0n) is 14.9. The van der Waals surface area contributed by atoms with Crippen LogP contribution in [0, 0.1) is 5.92 Å². The average molecular weight is 402 g/mol. The Kier molecular flexibility index (Phi) is 4.49. The first kappa shape index (κ1) is 18.1. The molecule has 0 amide bonds. The molecule has 2 heterocycles. The molecule has 3 atom stereocenters. The number of carbonyl (C=O) groups is 1. The van der Waals surface area contributed by atoms with Crippen LogP contribution in [0.3, 0.4) is 0 Å². The lowest BCUT2D eigenvalue weighted by atomic mass is 10.1. The molecule has 140 valence electrons. The first-order valence-corrected chi connectivity index (χ1v) is 10.9. The molecule has 2 aromatic heterocycles. The number of benzene rings is 1. The van der Waals surface area contributed by atoms with Gasteiger partial charge in [0.25, 0.3) is 0 Å². The zero-order chi connectivity index (χ0) is 19.2. The van der Waals surface area contributed by atoms with Gasteiger partial charge in [-0.1, -0.05) is 37.3 Å². The van der Waals surface area contributed by atoms with Crippen molar-refractivity contribution in [2.45, 2.75) is 30.0 Å². The SMILES string of the molecule is CC(=O)c1cnn(-c2ccc(S(=O)(=O)N[C@H]3[C@H](C)[C@@H]3c3ccccc3)s2)c1. The van der Waals surface area contributed by atoms with E-state index in [1.807, 2.05) is 30.3 Å². The summed E-state index contributed by atoms with van der Waals surface area (Å²) in [6, 6.07) is 13.1. The molecule has 3 aromatic rings. The summed E-state index contributed by atoms with van der Waals surface area (Å²) in [6.07, 6.45) is 3.08. The van der Waals surface area contributed by atoms with Gasteiger partial charge in [-0.15, -0.1) is 11.3 Å². The van der Waals surface area contributed by atoms with Gasteiger partial charge in [-0.05, 0) is 30.5 Å². The fourth-order valence-electron chi connectivity index (χ4n) is 3.27. The lowest BCUT2D eigenvalue weighted by Gasteiger charge is -2.04. The lowest BCUT2D eigenvalue weighted by molar-refractivity contribution is 0.101. The van der Waals surface area contributed by atoms with Crippen LogP contribution in [0.4, 0.5) is 0 Å². The molecular formula is C19H19N3O3S2. The van der Waals surface area contributed by atoms with E-state index in [-0.39, 0.29) is 27.9 Å².